The third-order valence-corrected chi connectivity index (χ3v) is 4.58. The van der Waals surface area contributed by atoms with Gasteiger partial charge in [0, 0.05) is 5.69 Å². The molecule has 2 aromatic rings. The number of carbonyl (C=O) groups is 1. The van der Waals surface area contributed by atoms with Gasteiger partial charge in [-0.2, -0.15) is 0 Å². The van der Waals surface area contributed by atoms with Gasteiger partial charge in [0.05, 0.1) is 10.6 Å². The summed E-state index contributed by atoms with van der Waals surface area (Å²) in [6.07, 6.45) is 0. The molecule has 0 atom stereocenters. The zero-order chi connectivity index (χ0) is 14.9. The highest BCUT2D eigenvalue weighted by atomic mass is 32.2. The minimum Gasteiger partial charge on any atom is -0.321 e. The summed E-state index contributed by atoms with van der Waals surface area (Å²) in [4.78, 5) is 12.4. The van der Waals surface area contributed by atoms with E-state index in [0.29, 0.717) is 21.8 Å². The van der Waals surface area contributed by atoms with Gasteiger partial charge in [0.15, 0.2) is 0 Å². The molecule has 0 fully saturated rings. The van der Waals surface area contributed by atoms with Crippen LogP contribution in [0.1, 0.15) is 20.9 Å². The molecule has 7 nitrogen and oxygen atoms in total. The lowest BCUT2D eigenvalue weighted by Gasteiger charge is -2.10. The number of carbonyl (C=O) groups excluding carboxylic acids is 1. The summed E-state index contributed by atoms with van der Waals surface area (Å²) in [6.45, 7) is 3.25. The van der Waals surface area contributed by atoms with Gasteiger partial charge in [0.2, 0.25) is 10.0 Å². The molecule has 0 aliphatic rings. The van der Waals surface area contributed by atoms with Crippen LogP contribution in [0.5, 0.6) is 0 Å². The first-order valence-corrected chi connectivity index (χ1v) is 7.85. The van der Waals surface area contributed by atoms with Crippen LogP contribution in [0.15, 0.2) is 23.1 Å². The fraction of sp³-hybridized carbons (Fsp3) is 0.182. The molecule has 0 bridgehead atoms. The number of sulfonamides is 1. The Hall–Kier alpha value is -1.84. The Morgan fingerprint density at radius 3 is 2.60 bits per heavy atom. The average molecular weight is 312 g/mol. The predicted octanol–water partition coefficient (Wildman–Crippen LogP) is 1.05. The van der Waals surface area contributed by atoms with Crippen molar-refractivity contribution in [3.63, 3.8) is 0 Å². The maximum atomic E-state index is 12.0. The summed E-state index contributed by atoms with van der Waals surface area (Å²) in [5.74, 6) is -0.382. The Morgan fingerprint density at radius 1 is 1.35 bits per heavy atom. The number of aryl methyl sites for hydroxylation is 1. The molecule has 9 heteroatoms. The number of benzene rings is 1. The van der Waals surface area contributed by atoms with E-state index in [-0.39, 0.29) is 10.8 Å². The first-order valence-electron chi connectivity index (χ1n) is 5.53. The van der Waals surface area contributed by atoms with Crippen LogP contribution in [0, 0.1) is 13.8 Å². The van der Waals surface area contributed by atoms with Crippen LogP contribution in [0.4, 0.5) is 5.69 Å². The van der Waals surface area contributed by atoms with E-state index in [1.54, 1.807) is 19.9 Å². The summed E-state index contributed by atoms with van der Waals surface area (Å²) in [6, 6.07) is 4.51. The monoisotopic (exact) mass is 312 g/mol. The largest absolute Gasteiger partial charge is 0.321 e. The van der Waals surface area contributed by atoms with Crippen molar-refractivity contribution in [2.45, 2.75) is 18.7 Å². The minimum atomic E-state index is -3.83. The lowest BCUT2D eigenvalue weighted by atomic mass is 10.2. The van der Waals surface area contributed by atoms with Crippen LogP contribution in [0.3, 0.4) is 0 Å². The Balaban J connectivity index is 2.36. The molecule has 0 aliphatic carbocycles. The fourth-order valence-electron chi connectivity index (χ4n) is 1.68. The van der Waals surface area contributed by atoms with Crippen LogP contribution in [-0.4, -0.2) is 23.9 Å². The highest BCUT2D eigenvalue weighted by Gasteiger charge is 2.17. The molecule has 106 valence electrons. The molecular weight excluding hydrogens is 300 g/mol. The van der Waals surface area contributed by atoms with Crippen molar-refractivity contribution in [2.24, 2.45) is 5.14 Å². The molecule has 0 spiro atoms. The van der Waals surface area contributed by atoms with Crippen molar-refractivity contribution >= 4 is 33.2 Å². The Kier molecular flexibility index (Phi) is 3.84. The van der Waals surface area contributed by atoms with Crippen molar-refractivity contribution in [3.8, 4) is 0 Å². The summed E-state index contributed by atoms with van der Waals surface area (Å²) in [5.41, 5.74) is 1.29. The Labute approximate surface area is 120 Å². The van der Waals surface area contributed by atoms with E-state index >= 15 is 0 Å². The highest BCUT2D eigenvalue weighted by molar-refractivity contribution is 7.89. The molecule has 1 heterocycles. The van der Waals surface area contributed by atoms with Crippen molar-refractivity contribution in [3.05, 3.63) is 34.3 Å². The summed E-state index contributed by atoms with van der Waals surface area (Å²) in [5, 5.41) is 11.5. The SMILES string of the molecule is Cc1nnsc1C(=O)Nc1cccc(S(N)(=O)=O)c1C. The predicted molar refractivity (Wildman–Crippen MR) is 75.2 cm³/mol. The van der Waals surface area contributed by atoms with E-state index in [2.05, 4.69) is 14.9 Å². The first kappa shape index (κ1) is 14.6. The van der Waals surface area contributed by atoms with Crippen molar-refractivity contribution in [2.75, 3.05) is 5.32 Å². The fourth-order valence-corrected chi connectivity index (χ4v) is 3.03. The van der Waals surface area contributed by atoms with Crippen LogP contribution < -0.4 is 10.5 Å². The molecule has 0 aliphatic heterocycles. The van der Waals surface area contributed by atoms with Gasteiger partial charge in [0.1, 0.15) is 4.88 Å². The number of aromatic nitrogens is 2. The smallest absolute Gasteiger partial charge is 0.269 e. The number of primary sulfonamides is 1. The van der Waals surface area contributed by atoms with Crippen LogP contribution in [-0.2, 0) is 10.0 Å². The van der Waals surface area contributed by atoms with Crippen LogP contribution in [0.2, 0.25) is 0 Å². The van der Waals surface area contributed by atoms with Gasteiger partial charge < -0.3 is 5.32 Å². The van der Waals surface area contributed by atoms with Crippen LogP contribution in [0.25, 0.3) is 0 Å². The van der Waals surface area contributed by atoms with Gasteiger partial charge >= 0.3 is 0 Å². The normalized spacial score (nSPS) is 11.3. The zero-order valence-corrected chi connectivity index (χ0v) is 12.4. The lowest BCUT2D eigenvalue weighted by Crippen LogP contribution is -2.17. The minimum absolute atomic E-state index is 0.0190. The molecule has 1 aromatic heterocycles. The van der Waals surface area contributed by atoms with Gasteiger partial charge in [-0.3, -0.25) is 4.79 Å². The lowest BCUT2D eigenvalue weighted by molar-refractivity contribution is 0.102. The van der Waals surface area contributed by atoms with E-state index in [4.69, 9.17) is 5.14 Å². The molecule has 2 rings (SSSR count). The summed E-state index contributed by atoms with van der Waals surface area (Å²) >= 11 is 0.976. The maximum Gasteiger partial charge on any atom is 0.269 e. The number of anilines is 1. The molecule has 0 radical (unpaired) electrons. The van der Waals surface area contributed by atoms with Gasteiger partial charge in [-0.1, -0.05) is 10.6 Å². The third-order valence-electron chi connectivity index (χ3n) is 2.70. The van der Waals surface area contributed by atoms with Crippen molar-refractivity contribution in [1.29, 1.82) is 0 Å². The molecule has 0 saturated carbocycles. The second kappa shape index (κ2) is 5.27. The summed E-state index contributed by atoms with van der Waals surface area (Å²) < 4.78 is 26.5. The van der Waals surface area contributed by atoms with E-state index in [1.165, 1.54) is 12.1 Å². The van der Waals surface area contributed by atoms with E-state index in [9.17, 15) is 13.2 Å². The topological polar surface area (TPSA) is 115 Å². The average Bonchev–Trinajstić information content (AvgIpc) is 2.76. The molecule has 1 amide bonds. The Bertz CT molecular complexity index is 768. The van der Waals surface area contributed by atoms with Crippen molar-refractivity contribution < 1.29 is 13.2 Å². The molecule has 20 heavy (non-hydrogen) atoms. The maximum absolute atomic E-state index is 12.0. The number of hydrogen-bond acceptors (Lipinski definition) is 6. The molecule has 0 saturated heterocycles. The van der Waals surface area contributed by atoms with Gasteiger partial charge in [-0.05, 0) is 43.1 Å². The molecule has 3 N–H and O–H groups in total. The number of amides is 1. The number of nitrogens with two attached hydrogens (primary N) is 1. The number of nitrogens with zero attached hydrogens (tertiary/aromatic N) is 2. The highest BCUT2D eigenvalue weighted by Crippen LogP contribution is 2.23. The van der Waals surface area contributed by atoms with Gasteiger partial charge in [-0.25, -0.2) is 13.6 Å². The standard InChI is InChI=1S/C11H12N4O3S2/c1-6-8(4-3-5-9(6)20(12,17)18)13-11(16)10-7(2)14-15-19-10/h3-5H,1-2H3,(H,13,16)(H2,12,17,18). The third kappa shape index (κ3) is 2.84. The number of rotatable bonds is 3. The quantitative estimate of drug-likeness (QED) is 0.879. The van der Waals surface area contributed by atoms with E-state index in [0.717, 1.165) is 11.5 Å². The van der Waals surface area contributed by atoms with E-state index < -0.39 is 10.0 Å². The molecular formula is C11H12N4O3S2. The van der Waals surface area contributed by atoms with E-state index in [1.807, 2.05) is 0 Å². The van der Waals surface area contributed by atoms with Gasteiger partial charge in [0.25, 0.3) is 5.91 Å². The van der Waals surface area contributed by atoms with Crippen molar-refractivity contribution in [1.82, 2.24) is 9.59 Å². The van der Waals surface area contributed by atoms with Gasteiger partial charge in [-0.15, -0.1) is 5.10 Å². The summed E-state index contributed by atoms with van der Waals surface area (Å²) in [7, 11) is -3.83. The zero-order valence-electron chi connectivity index (χ0n) is 10.7. The number of nitrogens with one attached hydrogen (secondary N) is 1. The second-order valence-electron chi connectivity index (χ2n) is 4.12. The van der Waals surface area contributed by atoms with Crippen LogP contribution >= 0.6 is 11.5 Å². The molecule has 1 aromatic carbocycles. The Morgan fingerprint density at radius 2 is 2.05 bits per heavy atom. The first-order chi connectivity index (χ1) is 9.30. The number of hydrogen-bond donors (Lipinski definition) is 2. The molecule has 0 unspecified atom stereocenters. The second-order valence-corrected chi connectivity index (χ2v) is 6.40.